The third-order valence-corrected chi connectivity index (χ3v) is 7.89. The highest BCUT2D eigenvalue weighted by Crippen LogP contribution is 2.37. The topological polar surface area (TPSA) is 103 Å². The number of hydrogen-bond acceptors (Lipinski definition) is 8. The zero-order valence-electron chi connectivity index (χ0n) is 20.3. The average Bonchev–Trinajstić information content (AvgIpc) is 3.56. The maximum Gasteiger partial charge on any atom is 0.267 e. The van der Waals surface area contributed by atoms with Gasteiger partial charge < -0.3 is 20.9 Å². The van der Waals surface area contributed by atoms with E-state index in [0.717, 1.165) is 47.5 Å². The number of hydrogen-bond donors (Lipinski definition) is 3. The maximum atomic E-state index is 13.2. The Morgan fingerprint density at radius 3 is 2.89 bits per heavy atom. The SMILES string of the molecule is CNc1c(N2CCc3cc(NC(=O)c4sccc4NCc4ccnc5c4C=CCC5)ccc32)c(=O)c1=O. The molecule has 9 heteroatoms. The zero-order valence-corrected chi connectivity index (χ0v) is 21.1. The van der Waals surface area contributed by atoms with Crippen molar-refractivity contribution in [3.8, 4) is 0 Å². The molecule has 2 aromatic carbocycles. The Morgan fingerprint density at radius 2 is 2.03 bits per heavy atom. The van der Waals surface area contributed by atoms with Crippen molar-refractivity contribution in [3.05, 3.63) is 95.7 Å². The summed E-state index contributed by atoms with van der Waals surface area (Å²) in [5, 5.41) is 11.2. The second-order valence-corrected chi connectivity index (χ2v) is 10.0. The first-order valence-corrected chi connectivity index (χ1v) is 13.1. The van der Waals surface area contributed by atoms with Gasteiger partial charge in [-0.2, -0.15) is 0 Å². The van der Waals surface area contributed by atoms with E-state index in [-0.39, 0.29) is 5.91 Å². The summed E-state index contributed by atoms with van der Waals surface area (Å²) in [5.41, 5.74) is 6.67. The number of carbonyl (C=O) groups is 1. The predicted octanol–water partition coefficient (Wildman–Crippen LogP) is 4.30. The van der Waals surface area contributed by atoms with E-state index in [1.807, 2.05) is 46.8 Å². The van der Waals surface area contributed by atoms with E-state index in [9.17, 15) is 14.4 Å². The number of amides is 1. The number of carbonyl (C=O) groups excluding carboxylic acids is 1. The fourth-order valence-corrected chi connectivity index (χ4v) is 5.89. The first-order valence-electron chi connectivity index (χ1n) is 12.2. The number of pyridine rings is 1. The van der Waals surface area contributed by atoms with Crippen molar-refractivity contribution in [2.24, 2.45) is 0 Å². The second kappa shape index (κ2) is 9.33. The van der Waals surface area contributed by atoms with Gasteiger partial charge >= 0.3 is 0 Å². The second-order valence-electron chi connectivity index (χ2n) is 9.12. The van der Waals surface area contributed by atoms with Crippen LogP contribution in [-0.2, 0) is 19.4 Å². The molecule has 3 N–H and O–H groups in total. The van der Waals surface area contributed by atoms with Crippen LogP contribution in [0.15, 0.2) is 57.6 Å². The van der Waals surface area contributed by atoms with Crippen LogP contribution < -0.4 is 31.7 Å². The van der Waals surface area contributed by atoms with Crippen molar-refractivity contribution in [1.82, 2.24) is 4.98 Å². The molecule has 186 valence electrons. The van der Waals surface area contributed by atoms with Crippen molar-refractivity contribution < 1.29 is 4.79 Å². The van der Waals surface area contributed by atoms with E-state index in [1.54, 1.807) is 7.05 Å². The summed E-state index contributed by atoms with van der Waals surface area (Å²) >= 11 is 1.39. The first-order chi connectivity index (χ1) is 18.0. The molecular weight excluding hydrogens is 486 g/mol. The summed E-state index contributed by atoms with van der Waals surface area (Å²) in [4.78, 5) is 44.1. The molecule has 0 bridgehead atoms. The van der Waals surface area contributed by atoms with Gasteiger partial charge in [-0.3, -0.25) is 19.4 Å². The van der Waals surface area contributed by atoms with E-state index in [1.165, 1.54) is 16.9 Å². The quantitative estimate of drug-likeness (QED) is 0.318. The van der Waals surface area contributed by atoms with Crippen LogP contribution in [0.4, 0.5) is 28.4 Å². The smallest absolute Gasteiger partial charge is 0.267 e. The van der Waals surface area contributed by atoms with Crippen LogP contribution in [0.2, 0.25) is 0 Å². The number of aryl methyl sites for hydroxylation is 1. The molecular formula is C28H25N5O3S. The van der Waals surface area contributed by atoms with Gasteiger partial charge in [0.25, 0.3) is 16.8 Å². The molecule has 0 radical (unpaired) electrons. The van der Waals surface area contributed by atoms with Crippen LogP contribution in [0, 0.1) is 0 Å². The maximum absolute atomic E-state index is 13.2. The largest absolute Gasteiger partial charge is 0.383 e. The molecule has 4 aromatic rings. The van der Waals surface area contributed by atoms with E-state index in [0.29, 0.717) is 35.0 Å². The minimum absolute atomic E-state index is 0.177. The molecule has 6 rings (SSSR count). The molecule has 0 atom stereocenters. The molecule has 2 aromatic heterocycles. The molecule has 0 fully saturated rings. The van der Waals surface area contributed by atoms with Gasteiger partial charge in [-0.25, -0.2) is 0 Å². The van der Waals surface area contributed by atoms with Crippen LogP contribution in [0.1, 0.15) is 38.5 Å². The van der Waals surface area contributed by atoms with Gasteiger partial charge in [-0.15, -0.1) is 11.3 Å². The highest BCUT2D eigenvalue weighted by Gasteiger charge is 2.30. The Bertz CT molecular complexity index is 1630. The van der Waals surface area contributed by atoms with Gasteiger partial charge in [0.1, 0.15) is 16.3 Å². The minimum Gasteiger partial charge on any atom is -0.383 e. The highest BCUT2D eigenvalue weighted by atomic mass is 32.1. The first kappa shape index (κ1) is 23.2. The third kappa shape index (κ3) is 4.01. The number of benzene rings is 1. The monoisotopic (exact) mass is 511 g/mol. The van der Waals surface area contributed by atoms with Gasteiger partial charge in [-0.1, -0.05) is 12.2 Å². The Balaban J connectivity index is 1.16. The third-order valence-electron chi connectivity index (χ3n) is 6.97. The van der Waals surface area contributed by atoms with Crippen LogP contribution in [0.5, 0.6) is 0 Å². The van der Waals surface area contributed by atoms with E-state index in [4.69, 9.17) is 0 Å². The van der Waals surface area contributed by atoms with Crippen LogP contribution in [-0.4, -0.2) is 24.5 Å². The number of rotatable bonds is 7. The van der Waals surface area contributed by atoms with E-state index < -0.39 is 10.9 Å². The number of fused-ring (bicyclic) bond motifs is 2. The van der Waals surface area contributed by atoms with Gasteiger partial charge in [-0.05, 0) is 66.1 Å². The summed E-state index contributed by atoms with van der Waals surface area (Å²) < 4.78 is 0. The molecule has 0 unspecified atom stereocenters. The molecule has 0 spiro atoms. The summed E-state index contributed by atoms with van der Waals surface area (Å²) in [5.74, 6) is -0.177. The molecule has 1 aliphatic heterocycles. The molecule has 1 amide bonds. The van der Waals surface area contributed by atoms with Gasteiger partial charge in [0.15, 0.2) is 0 Å². The number of allylic oxidation sites excluding steroid dienone is 1. The summed E-state index contributed by atoms with van der Waals surface area (Å²) in [6, 6.07) is 9.60. The molecule has 0 saturated carbocycles. The minimum atomic E-state index is -0.476. The Morgan fingerprint density at radius 1 is 1.14 bits per heavy atom. The lowest BCUT2D eigenvalue weighted by Gasteiger charge is -2.23. The molecule has 3 heterocycles. The Kier molecular flexibility index (Phi) is 5.84. The highest BCUT2D eigenvalue weighted by molar-refractivity contribution is 7.12. The predicted molar refractivity (Wildman–Crippen MR) is 149 cm³/mol. The van der Waals surface area contributed by atoms with Gasteiger partial charge in [0.2, 0.25) is 0 Å². The van der Waals surface area contributed by atoms with Crippen molar-refractivity contribution in [3.63, 3.8) is 0 Å². The van der Waals surface area contributed by atoms with Crippen molar-refractivity contribution in [2.45, 2.75) is 25.8 Å². The van der Waals surface area contributed by atoms with Crippen LogP contribution in [0.25, 0.3) is 6.08 Å². The molecule has 1 aliphatic carbocycles. The Labute approximate surface area is 217 Å². The van der Waals surface area contributed by atoms with E-state index >= 15 is 0 Å². The standard InChI is InChI=1S/C28H25N5O3S/c1-29-23-24(26(35)25(23)34)33-12-9-16-14-18(6-7-22(16)33)32-28(36)27-21(10-13-37-27)31-15-17-8-11-30-20-5-3-2-4-19(17)20/h2,4,6-8,10-11,13-14,29,31H,3,5,9,12,15H2,1H3,(H,32,36). The number of nitrogens with zero attached hydrogens (tertiary/aromatic N) is 2. The lowest BCUT2D eigenvalue weighted by atomic mass is 9.98. The summed E-state index contributed by atoms with van der Waals surface area (Å²) in [6.07, 6.45) is 8.84. The zero-order chi connectivity index (χ0) is 25.5. The summed E-state index contributed by atoms with van der Waals surface area (Å²) in [7, 11) is 1.64. The molecule has 0 saturated heterocycles. The molecule has 37 heavy (non-hydrogen) atoms. The number of thiophene rings is 1. The number of aromatic nitrogens is 1. The average molecular weight is 512 g/mol. The number of nitrogens with one attached hydrogen (secondary N) is 3. The van der Waals surface area contributed by atoms with Crippen LogP contribution >= 0.6 is 11.3 Å². The fourth-order valence-electron chi connectivity index (χ4n) is 5.12. The van der Waals surface area contributed by atoms with Gasteiger partial charge in [0, 0.05) is 49.0 Å². The van der Waals surface area contributed by atoms with E-state index in [2.05, 4.69) is 33.1 Å². The lowest BCUT2D eigenvalue weighted by molar-refractivity contribution is 0.103. The molecule has 2 aliphatic rings. The number of anilines is 5. The van der Waals surface area contributed by atoms with Crippen molar-refractivity contribution in [2.75, 3.05) is 34.4 Å². The summed E-state index contributed by atoms with van der Waals surface area (Å²) in [6.45, 7) is 1.21. The normalized spacial score (nSPS) is 13.9. The Hall–Kier alpha value is -4.24. The van der Waals surface area contributed by atoms with Crippen molar-refractivity contribution >= 4 is 51.8 Å². The molecule has 8 nitrogen and oxygen atoms in total. The van der Waals surface area contributed by atoms with Gasteiger partial charge in [0.05, 0.1) is 5.69 Å². The lowest BCUT2D eigenvalue weighted by Crippen LogP contribution is -2.40. The fraction of sp³-hybridized carbons (Fsp3) is 0.214. The van der Waals surface area contributed by atoms with Crippen LogP contribution in [0.3, 0.4) is 0 Å². The van der Waals surface area contributed by atoms with Crippen molar-refractivity contribution in [1.29, 1.82) is 0 Å².